The molecule has 1 aromatic carbocycles. The molecule has 36 heavy (non-hydrogen) atoms. The van der Waals surface area contributed by atoms with E-state index in [1.807, 2.05) is 12.1 Å². The van der Waals surface area contributed by atoms with E-state index >= 15 is 0 Å². The molecule has 3 heterocycles. The molecule has 194 valence electrons. The highest BCUT2D eigenvalue weighted by Gasteiger charge is 2.55. The molecule has 9 nitrogen and oxygen atoms in total. The van der Waals surface area contributed by atoms with E-state index in [1.165, 1.54) is 4.90 Å². The number of pyridine rings is 1. The smallest absolute Gasteiger partial charge is 0.258 e. The van der Waals surface area contributed by atoms with Gasteiger partial charge in [0.1, 0.15) is 0 Å². The molecular formula is C27H36N4O5. The number of aromatic nitrogens is 1. The maximum Gasteiger partial charge on any atom is 0.258 e. The lowest BCUT2D eigenvalue weighted by molar-refractivity contribution is -0.127. The second-order valence-corrected chi connectivity index (χ2v) is 9.79. The molecule has 1 saturated heterocycles. The van der Waals surface area contributed by atoms with Gasteiger partial charge in [-0.3, -0.25) is 19.3 Å². The van der Waals surface area contributed by atoms with Crippen molar-refractivity contribution in [1.29, 1.82) is 0 Å². The molecule has 2 N–H and O–H groups in total. The monoisotopic (exact) mass is 496 g/mol. The summed E-state index contributed by atoms with van der Waals surface area (Å²) in [6, 6.07) is 10.3. The van der Waals surface area contributed by atoms with E-state index in [4.69, 9.17) is 4.74 Å². The van der Waals surface area contributed by atoms with E-state index < -0.39 is 6.04 Å². The number of benzene rings is 1. The molecule has 0 radical (unpaired) electrons. The van der Waals surface area contributed by atoms with Crippen LogP contribution in [0.25, 0.3) is 11.1 Å². The Kier molecular flexibility index (Phi) is 7.92. The summed E-state index contributed by atoms with van der Waals surface area (Å²) in [5.74, 6) is -0.510. The summed E-state index contributed by atoms with van der Waals surface area (Å²) in [7, 11) is 5.00. The van der Waals surface area contributed by atoms with E-state index in [0.717, 1.165) is 17.7 Å². The van der Waals surface area contributed by atoms with Crippen LogP contribution < -0.4 is 10.9 Å². The van der Waals surface area contributed by atoms with Gasteiger partial charge in [0.2, 0.25) is 5.91 Å². The van der Waals surface area contributed by atoms with Gasteiger partial charge in [-0.1, -0.05) is 19.1 Å². The fourth-order valence-corrected chi connectivity index (χ4v) is 5.78. The fraction of sp³-hybridized carbons (Fsp3) is 0.519. The van der Waals surface area contributed by atoms with Crippen LogP contribution in [0.3, 0.4) is 0 Å². The van der Waals surface area contributed by atoms with Crippen LogP contribution in [0.2, 0.25) is 0 Å². The molecule has 4 atom stereocenters. The molecule has 2 aliphatic rings. The Bertz CT molecular complexity index is 1160. The molecule has 0 bridgehead atoms. The van der Waals surface area contributed by atoms with Crippen molar-refractivity contribution in [3.05, 3.63) is 58.0 Å². The van der Waals surface area contributed by atoms with Crippen LogP contribution >= 0.6 is 0 Å². The maximum absolute atomic E-state index is 13.6. The average molecular weight is 497 g/mol. The lowest BCUT2D eigenvalue weighted by Crippen LogP contribution is -2.49. The van der Waals surface area contributed by atoms with Crippen LogP contribution in [0.5, 0.6) is 0 Å². The van der Waals surface area contributed by atoms with Gasteiger partial charge in [-0.15, -0.1) is 0 Å². The van der Waals surface area contributed by atoms with E-state index in [-0.39, 0.29) is 41.9 Å². The van der Waals surface area contributed by atoms with Gasteiger partial charge >= 0.3 is 0 Å². The Morgan fingerprint density at radius 3 is 2.50 bits per heavy atom. The molecule has 0 saturated carbocycles. The molecule has 4 rings (SSSR count). The minimum atomic E-state index is -0.452. The van der Waals surface area contributed by atoms with Gasteiger partial charge in [-0.2, -0.15) is 0 Å². The molecule has 2 aromatic rings. The molecule has 0 aliphatic carbocycles. The van der Waals surface area contributed by atoms with E-state index in [2.05, 4.69) is 17.1 Å². The largest absolute Gasteiger partial charge is 0.396 e. The van der Waals surface area contributed by atoms with Crippen molar-refractivity contribution in [2.45, 2.75) is 32.0 Å². The SMILES string of the molecule is CCCN1[C@H](C(=O)NCCOC)[C@@H](CO)[C@@H]2Cn3c(ccc(-c4ccc(C(=O)N(C)C)cc4)c3=O)[C@@H]21. The normalized spacial score (nSPS) is 22.8. The quantitative estimate of drug-likeness (QED) is 0.508. The predicted octanol–water partition coefficient (Wildman–Crippen LogP) is 1.35. The Hall–Kier alpha value is -3.01. The van der Waals surface area contributed by atoms with Gasteiger partial charge in [0, 0.05) is 69.6 Å². The average Bonchev–Trinajstić information content (AvgIpc) is 3.39. The topological polar surface area (TPSA) is 104 Å². The number of nitrogens with zero attached hydrogens (tertiary/aromatic N) is 3. The van der Waals surface area contributed by atoms with Crippen molar-refractivity contribution in [2.75, 3.05) is 47.5 Å². The van der Waals surface area contributed by atoms with Gasteiger partial charge in [0.25, 0.3) is 11.5 Å². The third kappa shape index (κ3) is 4.58. The van der Waals surface area contributed by atoms with Crippen LogP contribution in [-0.4, -0.2) is 84.8 Å². The summed E-state index contributed by atoms with van der Waals surface area (Å²) in [6.07, 6.45) is 0.851. The molecule has 2 amide bonds. The third-order valence-electron chi connectivity index (χ3n) is 7.40. The van der Waals surface area contributed by atoms with Crippen LogP contribution in [0, 0.1) is 11.8 Å². The van der Waals surface area contributed by atoms with Gasteiger partial charge in [0.05, 0.1) is 18.7 Å². The number of hydrogen-bond acceptors (Lipinski definition) is 6. The molecule has 0 unspecified atom stereocenters. The summed E-state index contributed by atoms with van der Waals surface area (Å²) >= 11 is 0. The molecule has 1 aromatic heterocycles. The molecule has 1 fully saturated rings. The van der Waals surface area contributed by atoms with Crippen molar-refractivity contribution < 1.29 is 19.4 Å². The number of likely N-dealkylation sites (tertiary alicyclic amines) is 1. The van der Waals surface area contributed by atoms with Crippen molar-refractivity contribution in [3.8, 4) is 11.1 Å². The van der Waals surface area contributed by atoms with Crippen LogP contribution in [0.4, 0.5) is 0 Å². The fourth-order valence-electron chi connectivity index (χ4n) is 5.78. The number of fused-ring (bicyclic) bond motifs is 3. The van der Waals surface area contributed by atoms with Crippen LogP contribution in [0.15, 0.2) is 41.2 Å². The molecule has 2 aliphatic heterocycles. The highest BCUT2D eigenvalue weighted by molar-refractivity contribution is 5.94. The maximum atomic E-state index is 13.6. The van der Waals surface area contributed by atoms with Crippen molar-refractivity contribution >= 4 is 11.8 Å². The van der Waals surface area contributed by atoms with Crippen LogP contribution in [-0.2, 0) is 16.1 Å². The van der Waals surface area contributed by atoms with Crippen LogP contribution in [0.1, 0.15) is 35.4 Å². The summed E-state index contributed by atoms with van der Waals surface area (Å²) in [4.78, 5) is 42.6. The highest BCUT2D eigenvalue weighted by Crippen LogP contribution is 2.49. The first kappa shape index (κ1) is 26.1. The summed E-state index contributed by atoms with van der Waals surface area (Å²) in [6.45, 7) is 3.93. The number of hydrogen-bond donors (Lipinski definition) is 2. The summed E-state index contributed by atoms with van der Waals surface area (Å²) in [5, 5.41) is 13.3. The zero-order chi connectivity index (χ0) is 26.0. The third-order valence-corrected chi connectivity index (χ3v) is 7.40. The predicted molar refractivity (Wildman–Crippen MR) is 137 cm³/mol. The van der Waals surface area contributed by atoms with E-state index in [1.54, 1.807) is 50.0 Å². The van der Waals surface area contributed by atoms with E-state index in [0.29, 0.717) is 37.4 Å². The first-order chi connectivity index (χ1) is 17.3. The zero-order valence-corrected chi connectivity index (χ0v) is 21.4. The van der Waals surface area contributed by atoms with Crippen molar-refractivity contribution in [1.82, 2.24) is 19.7 Å². The van der Waals surface area contributed by atoms with Crippen molar-refractivity contribution in [2.24, 2.45) is 11.8 Å². The lowest BCUT2D eigenvalue weighted by atomic mass is 9.88. The highest BCUT2D eigenvalue weighted by atomic mass is 16.5. The standard InChI is InChI=1S/C27H36N4O5/c1-5-13-30-23-20(21(16-32)24(30)25(33)28-12-14-36-4)15-31-22(23)11-10-19(27(31)35)17-6-8-18(9-7-17)26(34)29(2)3/h6-11,20-21,23-24,32H,5,12-16H2,1-4H3,(H,28,33)/t20-,21-,23+,24-/m0/s1. The minimum absolute atomic E-state index is 0.0391. The molecule has 9 heteroatoms. The van der Waals surface area contributed by atoms with Gasteiger partial charge in [-0.05, 0) is 42.8 Å². The second-order valence-electron chi connectivity index (χ2n) is 9.79. The number of carbonyl (C=O) groups is 2. The molecule has 0 spiro atoms. The number of methoxy groups -OCH3 is 1. The van der Waals surface area contributed by atoms with E-state index in [9.17, 15) is 19.5 Å². The number of rotatable bonds is 9. The summed E-state index contributed by atoms with van der Waals surface area (Å²) in [5.41, 5.74) is 2.67. The Balaban J connectivity index is 1.66. The Morgan fingerprint density at radius 2 is 1.89 bits per heavy atom. The minimum Gasteiger partial charge on any atom is -0.396 e. The number of nitrogens with one attached hydrogen (secondary N) is 1. The molecular weight excluding hydrogens is 460 g/mol. The number of ether oxygens (including phenoxy) is 1. The number of aliphatic hydroxyl groups is 1. The Morgan fingerprint density at radius 1 is 1.17 bits per heavy atom. The first-order valence-electron chi connectivity index (χ1n) is 12.5. The second kappa shape index (κ2) is 10.9. The Labute approximate surface area is 211 Å². The first-order valence-corrected chi connectivity index (χ1v) is 12.5. The zero-order valence-electron chi connectivity index (χ0n) is 21.4. The number of amides is 2. The number of carbonyl (C=O) groups excluding carboxylic acids is 2. The summed E-state index contributed by atoms with van der Waals surface area (Å²) < 4.78 is 6.86. The van der Waals surface area contributed by atoms with Gasteiger partial charge < -0.3 is 24.6 Å². The van der Waals surface area contributed by atoms with Crippen molar-refractivity contribution in [3.63, 3.8) is 0 Å². The number of aliphatic hydroxyl groups excluding tert-OH is 1. The van der Waals surface area contributed by atoms with Gasteiger partial charge in [-0.25, -0.2) is 0 Å². The lowest BCUT2D eigenvalue weighted by Gasteiger charge is -2.30. The van der Waals surface area contributed by atoms with Gasteiger partial charge in [0.15, 0.2) is 0 Å².